The number of rotatable bonds is 7. The van der Waals surface area contributed by atoms with Crippen LogP contribution in [0.25, 0.3) is 10.2 Å². The van der Waals surface area contributed by atoms with E-state index in [1.54, 1.807) is 11.3 Å². The number of amides is 2. The molecule has 3 fully saturated rings. The topological polar surface area (TPSA) is 81.8 Å². The number of thiophene rings is 1. The first-order valence-corrected chi connectivity index (χ1v) is 15.8. The molecule has 4 aromatic rings. The Morgan fingerprint density at radius 3 is 2.53 bits per heavy atom. The van der Waals surface area contributed by atoms with E-state index >= 15 is 0 Å². The summed E-state index contributed by atoms with van der Waals surface area (Å²) in [5.41, 5.74) is 2.79. The van der Waals surface area contributed by atoms with Crippen LogP contribution in [0.4, 0.5) is 10.5 Å². The molecule has 4 atom stereocenters. The zero-order chi connectivity index (χ0) is 29.9. The van der Waals surface area contributed by atoms with Crippen molar-refractivity contribution < 1.29 is 23.8 Å². The van der Waals surface area contributed by atoms with Gasteiger partial charge in [-0.2, -0.15) is 0 Å². The number of hydrogen-bond donors (Lipinski definition) is 1. The third-order valence-corrected chi connectivity index (χ3v) is 10.0. The first-order valence-electron chi connectivity index (χ1n) is 15.0. The van der Waals surface area contributed by atoms with Crippen molar-refractivity contribution >= 4 is 39.2 Å². The SMILES string of the molecule is Cn1c(C(=O)Nc2ccccc2COc2ccc(OC3CC4CCC45C(C3)N5C(=O)OC(C)(C)C)cc2)cc2sccc21. The molecule has 8 nitrogen and oxygen atoms in total. The number of ether oxygens (including phenoxy) is 3. The molecule has 0 radical (unpaired) electrons. The summed E-state index contributed by atoms with van der Waals surface area (Å²) in [5, 5.41) is 5.09. The van der Waals surface area contributed by atoms with Crippen molar-refractivity contribution in [2.24, 2.45) is 13.0 Å². The summed E-state index contributed by atoms with van der Waals surface area (Å²) in [4.78, 5) is 27.9. The van der Waals surface area contributed by atoms with Crippen molar-refractivity contribution in [1.82, 2.24) is 9.47 Å². The number of aryl methyl sites for hydroxylation is 1. The maximum Gasteiger partial charge on any atom is 0.411 e. The molecule has 3 heterocycles. The highest BCUT2D eigenvalue weighted by molar-refractivity contribution is 7.17. The highest BCUT2D eigenvalue weighted by atomic mass is 32.1. The fraction of sp³-hybridized carbons (Fsp3) is 0.412. The lowest BCUT2D eigenvalue weighted by Gasteiger charge is -2.42. The van der Waals surface area contributed by atoms with Crippen LogP contribution in [0.3, 0.4) is 0 Å². The summed E-state index contributed by atoms with van der Waals surface area (Å²) >= 11 is 1.62. The summed E-state index contributed by atoms with van der Waals surface area (Å²) in [6, 6.07) is 19.5. The van der Waals surface area contributed by atoms with Crippen molar-refractivity contribution in [3.05, 3.63) is 77.3 Å². The summed E-state index contributed by atoms with van der Waals surface area (Å²) < 4.78 is 21.2. The lowest BCUT2D eigenvalue weighted by atomic mass is 9.64. The zero-order valence-corrected chi connectivity index (χ0v) is 25.8. The van der Waals surface area contributed by atoms with Crippen LogP contribution in [0.15, 0.2) is 66.0 Å². The summed E-state index contributed by atoms with van der Waals surface area (Å²) in [7, 11) is 1.91. The summed E-state index contributed by atoms with van der Waals surface area (Å²) in [6.07, 6.45) is 3.87. The van der Waals surface area contributed by atoms with Crippen molar-refractivity contribution in [2.45, 2.75) is 76.3 Å². The molecule has 1 spiro atoms. The number of anilines is 1. The average Bonchev–Trinajstić information content (AvgIpc) is 3.26. The van der Waals surface area contributed by atoms with E-state index in [0.29, 0.717) is 18.2 Å². The standard InChI is InChI=1S/C34H37N3O5S/c1-33(2,3)42-32(39)37-30-18-25(17-22-13-15-34(22,30)37)41-24-11-9-23(10-12-24)40-20-21-7-5-6-8-26(21)35-31(38)28-19-29-27(36(28)4)14-16-43-29/h5-12,14,16,19,22,25,30H,13,15,17-18,20H2,1-4H3,(H,35,38). The van der Waals surface area contributed by atoms with Crippen molar-refractivity contribution in [3.8, 4) is 11.5 Å². The average molecular weight is 600 g/mol. The number of nitrogens with zero attached hydrogens (tertiary/aromatic N) is 2. The first-order chi connectivity index (χ1) is 20.6. The molecule has 7 rings (SSSR count). The van der Waals surface area contributed by atoms with E-state index in [4.69, 9.17) is 14.2 Å². The number of nitrogens with one attached hydrogen (secondary N) is 1. The summed E-state index contributed by atoms with van der Waals surface area (Å²) in [5.74, 6) is 1.84. The van der Waals surface area contributed by atoms with Gasteiger partial charge in [-0.1, -0.05) is 18.2 Å². The molecule has 1 aliphatic heterocycles. The Balaban J connectivity index is 0.950. The van der Waals surface area contributed by atoms with Gasteiger partial charge in [0.1, 0.15) is 35.5 Å². The Morgan fingerprint density at radius 2 is 1.81 bits per heavy atom. The molecule has 1 saturated heterocycles. The van der Waals surface area contributed by atoms with Crippen molar-refractivity contribution in [2.75, 3.05) is 5.32 Å². The predicted octanol–water partition coefficient (Wildman–Crippen LogP) is 7.38. The molecule has 1 N–H and O–H groups in total. The van der Waals surface area contributed by atoms with Crippen LogP contribution >= 0.6 is 11.3 Å². The van der Waals surface area contributed by atoms with Gasteiger partial charge in [-0.25, -0.2) is 4.79 Å². The van der Waals surface area contributed by atoms with Gasteiger partial charge in [0.05, 0.1) is 21.8 Å². The molecular weight excluding hydrogens is 562 g/mol. The molecule has 2 aliphatic carbocycles. The van der Waals surface area contributed by atoms with Crippen molar-refractivity contribution in [3.63, 3.8) is 0 Å². The van der Waals surface area contributed by atoms with Crippen LogP contribution in [0, 0.1) is 5.92 Å². The molecule has 3 aliphatic rings. The van der Waals surface area contributed by atoms with E-state index in [-0.39, 0.29) is 29.7 Å². The molecule has 43 heavy (non-hydrogen) atoms. The number of likely N-dealkylation sites (tertiary alicyclic amines) is 1. The molecule has 4 unspecified atom stereocenters. The Bertz CT molecular complexity index is 1690. The van der Waals surface area contributed by atoms with Crippen LogP contribution in [-0.4, -0.2) is 44.8 Å². The van der Waals surface area contributed by atoms with E-state index in [0.717, 1.165) is 58.6 Å². The number of fused-ring (bicyclic) bond motifs is 1. The Kier molecular flexibility index (Phi) is 6.69. The normalized spacial score (nSPS) is 24.0. The number of carbonyl (C=O) groups excluding carboxylic acids is 2. The monoisotopic (exact) mass is 599 g/mol. The maximum absolute atomic E-state index is 13.1. The Labute approximate surface area is 255 Å². The molecule has 2 saturated carbocycles. The van der Waals surface area contributed by atoms with Gasteiger partial charge < -0.3 is 24.1 Å². The quantitative estimate of drug-likeness (QED) is 0.224. The zero-order valence-electron chi connectivity index (χ0n) is 25.0. The van der Waals surface area contributed by atoms with Gasteiger partial charge in [0.2, 0.25) is 0 Å². The smallest absolute Gasteiger partial charge is 0.411 e. The van der Waals surface area contributed by atoms with Gasteiger partial charge in [-0.15, -0.1) is 11.3 Å². The van der Waals surface area contributed by atoms with Gasteiger partial charge in [-0.3, -0.25) is 9.69 Å². The van der Waals surface area contributed by atoms with Crippen LogP contribution in [0.1, 0.15) is 62.5 Å². The van der Waals surface area contributed by atoms with E-state index in [2.05, 4.69) is 5.32 Å². The van der Waals surface area contributed by atoms with Crippen molar-refractivity contribution in [1.29, 1.82) is 0 Å². The van der Waals surface area contributed by atoms with Crippen LogP contribution in [0.5, 0.6) is 11.5 Å². The second kappa shape index (κ2) is 10.3. The summed E-state index contributed by atoms with van der Waals surface area (Å²) in [6.45, 7) is 6.06. The highest BCUT2D eigenvalue weighted by Gasteiger charge is 2.75. The lowest BCUT2D eigenvalue weighted by molar-refractivity contribution is 0.0251. The number of hydrogen-bond acceptors (Lipinski definition) is 6. The van der Waals surface area contributed by atoms with Crippen LogP contribution in [-0.2, 0) is 18.4 Å². The van der Waals surface area contributed by atoms with Crippen LogP contribution in [0.2, 0.25) is 0 Å². The minimum Gasteiger partial charge on any atom is -0.490 e. The Hall–Kier alpha value is -3.98. The predicted molar refractivity (Wildman–Crippen MR) is 167 cm³/mol. The first kappa shape index (κ1) is 27.8. The fourth-order valence-electron chi connectivity index (χ4n) is 7.00. The minimum atomic E-state index is -0.492. The fourth-order valence-corrected chi connectivity index (χ4v) is 7.85. The Morgan fingerprint density at radius 1 is 1.05 bits per heavy atom. The number of benzene rings is 2. The van der Waals surface area contributed by atoms with Gasteiger partial charge >= 0.3 is 6.09 Å². The third kappa shape index (κ3) is 5.03. The number of aromatic nitrogens is 1. The molecular formula is C34H37N3O5S. The molecule has 2 aromatic heterocycles. The highest BCUT2D eigenvalue weighted by Crippen LogP contribution is 2.65. The second-order valence-electron chi connectivity index (χ2n) is 12.9. The minimum absolute atomic E-state index is 0.00691. The second-order valence-corrected chi connectivity index (χ2v) is 13.9. The maximum atomic E-state index is 13.1. The molecule has 0 bridgehead atoms. The number of carbonyl (C=O) groups is 2. The number of para-hydroxylation sites is 1. The van der Waals surface area contributed by atoms with E-state index < -0.39 is 5.60 Å². The third-order valence-electron chi connectivity index (χ3n) is 9.18. The largest absolute Gasteiger partial charge is 0.490 e. The van der Waals surface area contributed by atoms with E-state index in [1.165, 1.54) is 0 Å². The van der Waals surface area contributed by atoms with E-state index in [1.807, 2.05) is 103 Å². The molecule has 2 aromatic carbocycles. The molecule has 224 valence electrons. The van der Waals surface area contributed by atoms with E-state index in [9.17, 15) is 9.59 Å². The lowest BCUT2D eigenvalue weighted by Crippen LogP contribution is -2.47. The molecule has 2 amide bonds. The van der Waals surface area contributed by atoms with Crippen LogP contribution < -0.4 is 14.8 Å². The van der Waals surface area contributed by atoms with Gasteiger partial charge in [0, 0.05) is 24.7 Å². The molecule has 9 heteroatoms. The van der Waals surface area contributed by atoms with Gasteiger partial charge in [-0.05, 0) is 93.8 Å². The van der Waals surface area contributed by atoms with Gasteiger partial charge in [0.15, 0.2) is 0 Å². The van der Waals surface area contributed by atoms with Gasteiger partial charge in [0.25, 0.3) is 5.91 Å².